The zero-order valence-corrected chi connectivity index (χ0v) is 78.6. The quantitative estimate of drug-likeness (QED) is 0.0706. The van der Waals surface area contributed by atoms with Crippen LogP contribution in [0.1, 0.15) is 83.2 Å². The number of hydrogen-bond donors (Lipinski definition) is 3. The Balaban J connectivity index is 0.000000244. The summed E-state index contributed by atoms with van der Waals surface area (Å²) in [5.41, 5.74) is 21.3. The van der Waals surface area contributed by atoms with E-state index in [1.165, 1.54) is 119 Å². The second-order valence-corrected chi connectivity index (χ2v) is 29.0. The van der Waals surface area contributed by atoms with E-state index in [1.807, 2.05) is 176 Å². The summed E-state index contributed by atoms with van der Waals surface area (Å²) >= 11 is 3.44. The number of thiophene rings is 1. The van der Waals surface area contributed by atoms with Gasteiger partial charge in [-0.25, -0.2) is 11.3 Å². The fourth-order valence-electron chi connectivity index (χ4n) is 11.5. The molecular formula is C101H88Ir4N6O6S2-3. The number of aromatic nitrogens is 6. The maximum atomic E-state index is 10.0. The largest absolute Gasteiger partial charge is 3.00 e. The van der Waals surface area contributed by atoms with Crippen molar-refractivity contribution >= 4 is 71.2 Å². The molecule has 7 heterocycles. The number of aryl methyl sites for hydroxylation is 3. The van der Waals surface area contributed by atoms with Gasteiger partial charge in [0.2, 0.25) is 0 Å². The molecule has 0 bridgehead atoms. The molecule has 0 unspecified atom stereocenters. The molecule has 0 atom stereocenters. The van der Waals surface area contributed by atoms with Crippen molar-refractivity contribution in [2.24, 2.45) is 0 Å². The van der Waals surface area contributed by atoms with Crippen molar-refractivity contribution < 1.29 is 110 Å². The average Bonchev–Trinajstić information content (AvgIpc) is 1.58. The summed E-state index contributed by atoms with van der Waals surface area (Å²) in [6.45, 7) is 19.3. The van der Waals surface area contributed by atoms with E-state index in [2.05, 4.69) is 199 Å². The Morgan fingerprint density at radius 1 is 0.370 bits per heavy atom. The van der Waals surface area contributed by atoms with Crippen LogP contribution in [0.4, 0.5) is 0 Å². The number of rotatable bonds is 9. The number of carbonyl (C=O) groups excluding carboxylic acids is 3. The second-order valence-electron chi connectivity index (χ2n) is 26.9. The van der Waals surface area contributed by atoms with Crippen LogP contribution < -0.4 is 0 Å². The Morgan fingerprint density at radius 3 is 1.23 bits per heavy atom. The molecule has 0 fully saturated rings. The van der Waals surface area contributed by atoms with Gasteiger partial charge in [0.05, 0.1) is 28.3 Å². The predicted octanol–water partition coefficient (Wildman–Crippen LogP) is 25.2. The molecule has 1 aliphatic rings. The van der Waals surface area contributed by atoms with Crippen molar-refractivity contribution in [3.8, 4) is 77.3 Å². The van der Waals surface area contributed by atoms with Gasteiger partial charge in [0.25, 0.3) is 0 Å². The topological polar surface area (TPSA) is 189 Å². The summed E-state index contributed by atoms with van der Waals surface area (Å²) in [5.74, 6) is -0.187. The van der Waals surface area contributed by atoms with Crippen molar-refractivity contribution in [3.05, 3.63) is 397 Å². The minimum absolute atomic E-state index is 0. The summed E-state index contributed by atoms with van der Waals surface area (Å²) in [4.78, 5) is 57.6. The number of hydrogen-bond acceptors (Lipinski definition) is 14. The summed E-state index contributed by atoms with van der Waals surface area (Å²) in [6.07, 6.45) is 10.7. The molecule has 17 rings (SSSR count). The first-order chi connectivity index (χ1) is 55.5. The first-order valence-corrected chi connectivity index (χ1v) is 38.6. The third kappa shape index (κ3) is 31.7. The van der Waals surface area contributed by atoms with Crippen LogP contribution in [0.5, 0.6) is 0 Å². The fourth-order valence-corrected chi connectivity index (χ4v) is 13.4. The van der Waals surface area contributed by atoms with Crippen molar-refractivity contribution in [2.75, 3.05) is 0 Å². The molecule has 609 valence electrons. The predicted molar refractivity (Wildman–Crippen MR) is 472 cm³/mol. The Morgan fingerprint density at radius 2 is 0.798 bits per heavy atom. The number of carbonyl (C=O) groups is 3. The zero-order chi connectivity index (χ0) is 82.1. The molecule has 0 saturated carbocycles. The van der Waals surface area contributed by atoms with E-state index < -0.39 is 0 Å². The van der Waals surface area contributed by atoms with Gasteiger partial charge in [-0.1, -0.05) is 173 Å². The third-order valence-corrected chi connectivity index (χ3v) is 19.0. The molecule has 3 radical (unpaired) electrons. The van der Waals surface area contributed by atoms with E-state index in [9.17, 15) is 14.4 Å². The van der Waals surface area contributed by atoms with Gasteiger partial charge in [-0.3, -0.25) is 24.4 Å². The van der Waals surface area contributed by atoms with Gasteiger partial charge in [-0.15, -0.1) is 195 Å². The van der Waals surface area contributed by atoms with Crippen molar-refractivity contribution in [2.45, 2.75) is 81.6 Å². The van der Waals surface area contributed by atoms with Crippen LogP contribution in [0.3, 0.4) is 0 Å². The number of benzene rings is 9. The van der Waals surface area contributed by atoms with E-state index in [1.54, 1.807) is 41.3 Å². The van der Waals surface area contributed by atoms with Crippen LogP contribution in [0, 0.1) is 57.2 Å². The second kappa shape index (κ2) is 50.7. The van der Waals surface area contributed by atoms with Crippen LogP contribution in [-0.2, 0) is 100 Å². The monoisotopic (exact) mass is 2320 g/mol. The van der Waals surface area contributed by atoms with Gasteiger partial charge < -0.3 is 35.3 Å². The van der Waals surface area contributed by atoms with E-state index in [-0.39, 0.29) is 120 Å². The average molecular weight is 2310 g/mol. The minimum Gasteiger partial charge on any atom is -0.512 e. The molecule has 119 heavy (non-hydrogen) atoms. The molecule has 9 aromatic carbocycles. The van der Waals surface area contributed by atoms with Crippen molar-refractivity contribution in [1.29, 1.82) is 0 Å². The summed E-state index contributed by atoms with van der Waals surface area (Å²) in [5, 5.41) is 28.5. The molecule has 16 aromatic rings. The van der Waals surface area contributed by atoms with Crippen molar-refractivity contribution in [3.63, 3.8) is 0 Å². The Kier molecular flexibility index (Phi) is 42.1. The molecule has 18 heteroatoms. The maximum absolute atomic E-state index is 10.0. The Bertz CT molecular complexity index is 5450. The molecule has 0 spiro atoms. The SMILES string of the molecule is CC(=O)C=C(C)O.CC(=O)C=C(C)O.CC(=O)C=C(C)O.CC1(C)c2ccccc2-c2c[c-]c(-c3ccc4ccccc4n3)cc21.Cc1c[c-]c(-c2ccccn2)cc1.Cc1c[c-]c(-c2ccccn2)cc1.Cc1c[c-]c(-c2ccccn2)cc1.[Ir+3].[Ir].[Ir].[Ir].[c-]1c(-c2ccccn2)sc2ccccc12.[c-]1ccccc1-c1nc2ccccc2s1. The van der Waals surface area contributed by atoms with Gasteiger partial charge in [0, 0.05) is 119 Å². The number of aliphatic hydroxyl groups excluding tert-OH is 3. The molecule has 7 aromatic heterocycles. The van der Waals surface area contributed by atoms with Gasteiger partial charge in [-0.2, -0.15) is 11.3 Å². The van der Waals surface area contributed by atoms with E-state index >= 15 is 0 Å². The first-order valence-electron chi connectivity index (χ1n) is 37.0. The molecule has 12 nitrogen and oxygen atoms in total. The van der Waals surface area contributed by atoms with Crippen LogP contribution in [0.25, 0.3) is 109 Å². The summed E-state index contributed by atoms with van der Waals surface area (Å²) in [7, 11) is 0. The molecule has 3 N–H and O–H groups in total. The van der Waals surface area contributed by atoms with E-state index in [0.717, 1.165) is 77.2 Å². The van der Waals surface area contributed by atoms with Crippen molar-refractivity contribution in [1.82, 2.24) is 29.9 Å². The van der Waals surface area contributed by atoms with Crippen LogP contribution in [0.15, 0.2) is 333 Å². The Labute approximate surface area is 760 Å². The number of aliphatic hydroxyl groups is 3. The van der Waals surface area contributed by atoms with Crippen LogP contribution in [-0.4, -0.2) is 62.6 Å². The van der Waals surface area contributed by atoms with E-state index in [4.69, 9.17) is 20.3 Å². The van der Waals surface area contributed by atoms with Crippen LogP contribution in [0.2, 0.25) is 0 Å². The zero-order valence-electron chi connectivity index (χ0n) is 67.4. The molecule has 0 aliphatic heterocycles. The third-order valence-electron chi connectivity index (χ3n) is 16.8. The molecule has 0 saturated heterocycles. The van der Waals surface area contributed by atoms with Gasteiger partial charge in [-0.05, 0) is 133 Å². The molecule has 0 amide bonds. The first kappa shape index (κ1) is 98.6. The number of thiazole rings is 1. The van der Waals surface area contributed by atoms with Crippen LogP contribution >= 0.6 is 22.7 Å². The molecular weight excluding hydrogens is 2230 g/mol. The summed E-state index contributed by atoms with van der Waals surface area (Å²) in [6, 6.07) is 111. The number of ketones is 3. The van der Waals surface area contributed by atoms with Gasteiger partial charge in [0.15, 0.2) is 17.3 Å². The number of fused-ring (bicyclic) bond motifs is 6. The van der Waals surface area contributed by atoms with Gasteiger partial charge in [0.1, 0.15) is 0 Å². The fraction of sp³-hybridized carbons (Fsp3) is 0.119. The smallest absolute Gasteiger partial charge is 0.512 e. The maximum Gasteiger partial charge on any atom is 3.00 e. The standard InChI is InChI=1S/C24H18N.2C13H8NS.3C12H10N.3C5H8O2.4Ir/c1-24(2)20-9-5-4-8-18(20)19-13-11-17(15-21(19)24)23-14-12-16-7-3-6-10-22(16)25-23;1-2-7-12-10(5-1)9-13(15-12)11-6-3-4-8-14-11;1-2-6-10(7-3-1)13-14-11-8-4-5-9-12(11)15-13;3*1-10-5-7-11(8-6-10)12-4-2-3-9-13-12;3*1-4(6)3-5(2)7;;;;/h3-10,12-15H,1-2H3;1-8H;1-6,8-9H;3*2-7,9H,1H3;3*3,6H,1-2H3;;;;/q6*-1;;;;;;;+3. The molecule has 1 aliphatic carbocycles. The number of pyridine rings is 5. The number of para-hydroxylation sites is 2. The Hall–Kier alpha value is -10.9. The normalized spacial score (nSPS) is 11.0. The number of allylic oxidation sites excluding steroid dienone is 6. The number of nitrogens with zero attached hydrogens (tertiary/aromatic N) is 6. The summed E-state index contributed by atoms with van der Waals surface area (Å²) < 4.78 is 2.49. The van der Waals surface area contributed by atoms with Gasteiger partial charge >= 0.3 is 20.1 Å². The van der Waals surface area contributed by atoms with E-state index in [0.29, 0.717) is 0 Å². The minimum atomic E-state index is -0.125.